The molecule has 0 saturated heterocycles. The first kappa shape index (κ1) is 27.5. The van der Waals surface area contributed by atoms with Crippen LogP contribution in [0.25, 0.3) is 0 Å². The van der Waals surface area contributed by atoms with Crippen molar-refractivity contribution in [2.75, 3.05) is 19.8 Å². The average Bonchev–Trinajstić information content (AvgIpc) is 2.90. The highest BCUT2D eigenvalue weighted by molar-refractivity contribution is 6.74. The van der Waals surface area contributed by atoms with Crippen molar-refractivity contribution in [1.82, 2.24) is 0 Å². The number of carbonyl (C=O) groups excluding carboxylic acids is 3. The van der Waals surface area contributed by atoms with Gasteiger partial charge in [-0.2, -0.15) is 0 Å². The summed E-state index contributed by atoms with van der Waals surface area (Å²) >= 11 is 0. The number of hydrogen-bond donors (Lipinski definition) is 0. The minimum atomic E-state index is -2.04. The molecule has 0 bridgehead atoms. The van der Waals surface area contributed by atoms with E-state index >= 15 is 0 Å². The summed E-state index contributed by atoms with van der Waals surface area (Å²) in [5, 5.41) is 0.0494. The average molecular weight is 479 g/mol. The number of ketones is 1. The van der Waals surface area contributed by atoms with Crippen molar-refractivity contribution in [2.45, 2.75) is 91.8 Å². The predicted octanol–water partition coefficient (Wildman–Crippen LogP) is 5.53. The molecule has 2 aliphatic carbocycles. The van der Waals surface area contributed by atoms with E-state index in [9.17, 15) is 14.4 Å². The number of esters is 2. The molecule has 0 saturated carbocycles. The number of fused-ring (bicyclic) bond motifs is 1. The van der Waals surface area contributed by atoms with E-state index in [0.717, 1.165) is 29.6 Å². The number of Topliss-reactive ketones (excluding diaryl/α,β-unsaturated/α-hetero) is 1. The monoisotopic (exact) mass is 478 g/mol. The summed E-state index contributed by atoms with van der Waals surface area (Å²) in [5.41, 5.74) is 1.74. The normalized spacial score (nSPS) is 21.0. The Morgan fingerprint density at radius 2 is 1.67 bits per heavy atom. The molecule has 0 N–H and O–H groups in total. The Morgan fingerprint density at radius 1 is 1.09 bits per heavy atom. The van der Waals surface area contributed by atoms with Gasteiger partial charge in [0.2, 0.25) is 0 Å². The van der Waals surface area contributed by atoms with Crippen molar-refractivity contribution in [1.29, 1.82) is 0 Å². The summed E-state index contributed by atoms with van der Waals surface area (Å²) in [6, 6.07) is 0. The fraction of sp³-hybridized carbons (Fsp3) is 0.731. The van der Waals surface area contributed by atoms with Crippen molar-refractivity contribution >= 4 is 26.0 Å². The lowest BCUT2D eigenvalue weighted by atomic mass is 9.71. The number of carbonyl (C=O) groups is 3. The molecule has 0 spiro atoms. The molecule has 2 aliphatic rings. The lowest BCUT2D eigenvalue weighted by molar-refractivity contribution is -0.172. The van der Waals surface area contributed by atoms with E-state index in [0.29, 0.717) is 13.0 Å². The maximum Gasteiger partial charge on any atom is 0.324 e. The highest BCUT2D eigenvalue weighted by atomic mass is 28.4. The van der Waals surface area contributed by atoms with Gasteiger partial charge < -0.3 is 13.9 Å². The third-order valence-corrected chi connectivity index (χ3v) is 12.0. The van der Waals surface area contributed by atoms with Gasteiger partial charge in [-0.15, -0.1) is 0 Å². The number of ether oxygens (including phenoxy) is 2. The van der Waals surface area contributed by atoms with Crippen LogP contribution in [0.5, 0.6) is 0 Å². The topological polar surface area (TPSA) is 78.9 Å². The molecule has 6 nitrogen and oxygen atoms in total. The lowest BCUT2D eigenvalue weighted by Crippen LogP contribution is -2.44. The van der Waals surface area contributed by atoms with Crippen molar-refractivity contribution in [3.63, 3.8) is 0 Å². The van der Waals surface area contributed by atoms with Crippen LogP contribution in [0.3, 0.4) is 0 Å². The van der Waals surface area contributed by atoms with Crippen LogP contribution in [0.2, 0.25) is 18.1 Å². The number of rotatable bonds is 8. The second-order valence-electron chi connectivity index (χ2n) is 10.8. The number of allylic oxidation sites excluding steroid dienone is 3. The fourth-order valence-electron chi connectivity index (χ4n) is 4.28. The fourth-order valence-corrected chi connectivity index (χ4v) is 5.24. The third kappa shape index (κ3) is 6.04. The maximum atomic E-state index is 13.1. The van der Waals surface area contributed by atoms with Crippen LogP contribution < -0.4 is 0 Å². The van der Waals surface area contributed by atoms with Gasteiger partial charge in [-0.1, -0.05) is 26.8 Å². The Kier molecular flexibility index (Phi) is 8.90. The molecule has 7 heteroatoms. The van der Waals surface area contributed by atoms with Gasteiger partial charge in [-0.25, -0.2) is 0 Å². The van der Waals surface area contributed by atoms with Crippen molar-refractivity contribution in [3.05, 3.63) is 22.8 Å². The summed E-state index contributed by atoms with van der Waals surface area (Å²) in [5.74, 6) is -0.991. The summed E-state index contributed by atoms with van der Waals surface area (Å²) in [6.45, 7) is 16.9. The summed E-state index contributed by atoms with van der Waals surface area (Å²) in [6.07, 6.45) is 4.59. The molecule has 1 unspecified atom stereocenters. The Labute approximate surface area is 200 Å². The SMILES string of the molecule is CCOC(=O)C1(C(=O)OCC)CC=C2CCC(C(C)=O)CC(CO[Si](C)(C)C(C)(C)C)=C2C1. The Balaban J connectivity index is 2.55. The minimum Gasteiger partial charge on any atom is -0.465 e. The summed E-state index contributed by atoms with van der Waals surface area (Å²) < 4.78 is 17.3. The van der Waals surface area contributed by atoms with E-state index < -0.39 is 25.7 Å². The highest BCUT2D eigenvalue weighted by Crippen LogP contribution is 2.47. The highest BCUT2D eigenvalue weighted by Gasteiger charge is 2.51. The minimum absolute atomic E-state index is 0.0494. The molecule has 0 heterocycles. The zero-order valence-corrected chi connectivity index (χ0v) is 22.8. The van der Waals surface area contributed by atoms with E-state index in [1.807, 2.05) is 6.08 Å². The largest absolute Gasteiger partial charge is 0.465 e. The van der Waals surface area contributed by atoms with Gasteiger partial charge in [-0.3, -0.25) is 14.4 Å². The first-order valence-corrected chi connectivity index (χ1v) is 15.1. The molecule has 0 aromatic heterocycles. The second kappa shape index (κ2) is 10.7. The van der Waals surface area contributed by atoms with Crippen molar-refractivity contribution in [2.24, 2.45) is 11.3 Å². The molecule has 0 aliphatic heterocycles. The molecule has 0 aromatic rings. The maximum absolute atomic E-state index is 13.1. The Bertz CT molecular complexity index is 812. The first-order chi connectivity index (χ1) is 15.3. The van der Waals surface area contributed by atoms with Crippen LogP contribution in [0, 0.1) is 11.3 Å². The van der Waals surface area contributed by atoms with Gasteiger partial charge in [0.15, 0.2) is 13.7 Å². The summed E-state index contributed by atoms with van der Waals surface area (Å²) in [4.78, 5) is 38.5. The van der Waals surface area contributed by atoms with Gasteiger partial charge in [0, 0.05) is 5.92 Å². The van der Waals surface area contributed by atoms with Crippen LogP contribution in [-0.4, -0.2) is 45.9 Å². The van der Waals surface area contributed by atoms with Gasteiger partial charge >= 0.3 is 11.9 Å². The van der Waals surface area contributed by atoms with Crippen LogP contribution >= 0.6 is 0 Å². The van der Waals surface area contributed by atoms with E-state index in [-0.39, 0.29) is 42.8 Å². The lowest BCUT2D eigenvalue weighted by Gasteiger charge is -2.37. The van der Waals surface area contributed by atoms with Gasteiger partial charge in [0.05, 0.1) is 19.8 Å². The van der Waals surface area contributed by atoms with Gasteiger partial charge in [0.1, 0.15) is 5.78 Å². The molecular weight excluding hydrogens is 436 g/mol. The number of hydrogen-bond acceptors (Lipinski definition) is 6. The molecule has 1 atom stereocenters. The Hall–Kier alpha value is -1.73. The zero-order chi connectivity index (χ0) is 25.0. The van der Waals surface area contributed by atoms with Gasteiger partial charge in [0.25, 0.3) is 0 Å². The van der Waals surface area contributed by atoms with E-state index in [1.165, 1.54) is 0 Å². The Morgan fingerprint density at radius 3 is 2.15 bits per heavy atom. The van der Waals surface area contributed by atoms with Crippen LogP contribution in [0.4, 0.5) is 0 Å². The van der Waals surface area contributed by atoms with E-state index in [4.69, 9.17) is 13.9 Å². The van der Waals surface area contributed by atoms with Crippen molar-refractivity contribution in [3.8, 4) is 0 Å². The first-order valence-electron chi connectivity index (χ1n) is 12.2. The molecule has 2 rings (SSSR count). The van der Waals surface area contributed by atoms with E-state index in [1.54, 1.807) is 20.8 Å². The summed E-state index contributed by atoms with van der Waals surface area (Å²) in [7, 11) is -2.04. The zero-order valence-electron chi connectivity index (χ0n) is 21.8. The van der Waals surface area contributed by atoms with Crippen molar-refractivity contribution < 1.29 is 28.3 Å². The quantitative estimate of drug-likeness (QED) is 0.259. The molecular formula is C26H42O6Si. The molecule has 186 valence electrons. The second-order valence-corrected chi connectivity index (χ2v) is 15.6. The van der Waals surface area contributed by atoms with Crippen LogP contribution in [-0.2, 0) is 28.3 Å². The molecule has 0 radical (unpaired) electrons. The molecule has 0 fully saturated rings. The van der Waals surface area contributed by atoms with Gasteiger partial charge in [-0.05, 0) is 87.7 Å². The standard InChI is InChI=1S/C26H42O6Si/c1-9-30-23(28)26(24(29)31-10-2)14-13-19-11-12-20(18(3)27)15-21(22(19)16-26)17-32-33(7,8)25(4,5)6/h13,20H,9-12,14-17H2,1-8H3. The van der Waals surface area contributed by atoms with Crippen LogP contribution in [0.15, 0.2) is 22.8 Å². The molecule has 0 aromatic carbocycles. The third-order valence-electron chi connectivity index (χ3n) is 7.57. The smallest absolute Gasteiger partial charge is 0.324 e. The predicted molar refractivity (Wildman–Crippen MR) is 131 cm³/mol. The molecule has 0 amide bonds. The molecule has 33 heavy (non-hydrogen) atoms. The van der Waals surface area contributed by atoms with Crippen LogP contribution in [0.1, 0.15) is 73.6 Å². The van der Waals surface area contributed by atoms with E-state index in [2.05, 4.69) is 33.9 Å².